The molecule has 2 aromatic carbocycles. The van der Waals surface area contributed by atoms with Crippen LogP contribution in [0.4, 0.5) is 5.69 Å². The second kappa shape index (κ2) is 9.78. The van der Waals surface area contributed by atoms with E-state index < -0.39 is 5.91 Å². The number of hydrogen-bond donors (Lipinski definition) is 1. The van der Waals surface area contributed by atoms with Gasteiger partial charge in [0, 0.05) is 28.3 Å². The van der Waals surface area contributed by atoms with Crippen molar-refractivity contribution in [2.75, 3.05) is 5.32 Å². The predicted molar refractivity (Wildman–Crippen MR) is 125 cm³/mol. The molecular formula is C20H13BrCl2N6OS. The molecule has 0 radical (unpaired) electrons. The lowest BCUT2D eigenvalue weighted by Gasteiger charge is -2.09. The van der Waals surface area contributed by atoms with E-state index in [4.69, 9.17) is 23.2 Å². The number of halogens is 3. The molecule has 4 rings (SSSR count). The van der Waals surface area contributed by atoms with Crippen molar-refractivity contribution in [1.82, 2.24) is 25.0 Å². The van der Waals surface area contributed by atoms with Gasteiger partial charge >= 0.3 is 0 Å². The third-order valence-electron chi connectivity index (χ3n) is 4.11. The van der Waals surface area contributed by atoms with Crippen LogP contribution in [0.3, 0.4) is 0 Å². The van der Waals surface area contributed by atoms with Gasteiger partial charge < -0.3 is 5.32 Å². The van der Waals surface area contributed by atoms with Gasteiger partial charge in [-0.2, -0.15) is 0 Å². The van der Waals surface area contributed by atoms with Gasteiger partial charge in [-0.25, -0.2) is 14.6 Å². The molecule has 2 heterocycles. The molecule has 0 unspecified atom stereocenters. The largest absolute Gasteiger partial charge is 0.320 e. The summed E-state index contributed by atoms with van der Waals surface area (Å²) >= 11 is 16.8. The van der Waals surface area contributed by atoms with Crippen LogP contribution in [-0.2, 0) is 5.75 Å². The normalized spacial score (nSPS) is 10.8. The molecule has 2 aromatic heterocycles. The SMILES string of the molecule is O=C(Nc1ccc(Cl)c(Cl)c1)c1nnn(-c2ccc(Br)cc2)c1CSc1ncccn1. The number of rotatable bonds is 6. The molecular weight excluding hydrogens is 523 g/mol. The van der Waals surface area contributed by atoms with Gasteiger partial charge in [0.1, 0.15) is 0 Å². The molecule has 156 valence electrons. The summed E-state index contributed by atoms with van der Waals surface area (Å²) in [5, 5.41) is 12.5. The molecule has 0 bridgehead atoms. The van der Waals surface area contributed by atoms with Crippen molar-refractivity contribution >= 4 is 62.5 Å². The van der Waals surface area contributed by atoms with Crippen molar-refractivity contribution in [1.29, 1.82) is 0 Å². The number of nitrogens with zero attached hydrogens (tertiary/aromatic N) is 5. The van der Waals surface area contributed by atoms with E-state index in [9.17, 15) is 4.79 Å². The van der Waals surface area contributed by atoms with Gasteiger partial charge in [-0.05, 0) is 48.5 Å². The van der Waals surface area contributed by atoms with E-state index in [1.807, 2.05) is 24.3 Å². The van der Waals surface area contributed by atoms with Crippen molar-refractivity contribution in [3.8, 4) is 5.69 Å². The minimum Gasteiger partial charge on any atom is -0.320 e. The first-order valence-electron chi connectivity index (χ1n) is 8.88. The van der Waals surface area contributed by atoms with Gasteiger partial charge in [-0.3, -0.25) is 4.79 Å². The second-order valence-corrected chi connectivity index (χ2v) is 8.85. The number of benzene rings is 2. The predicted octanol–water partition coefficient (Wildman–Crippen LogP) is 5.67. The maximum atomic E-state index is 13.0. The Balaban J connectivity index is 1.66. The minimum atomic E-state index is -0.411. The highest BCUT2D eigenvalue weighted by Gasteiger charge is 2.21. The molecule has 0 saturated carbocycles. The van der Waals surface area contributed by atoms with Crippen LogP contribution in [0.2, 0.25) is 10.0 Å². The molecule has 1 N–H and O–H groups in total. The monoisotopic (exact) mass is 534 g/mol. The average Bonchev–Trinajstić information content (AvgIpc) is 3.20. The summed E-state index contributed by atoms with van der Waals surface area (Å²) in [6, 6.07) is 14.1. The maximum Gasteiger partial charge on any atom is 0.278 e. The summed E-state index contributed by atoms with van der Waals surface area (Å²) in [5.74, 6) is -0.0247. The molecule has 0 aliphatic heterocycles. The van der Waals surface area contributed by atoms with E-state index in [-0.39, 0.29) is 5.69 Å². The lowest BCUT2D eigenvalue weighted by molar-refractivity contribution is 0.102. The number of thioether (sulfide) groups is 1. The van der Waals surface area contributed by atoms with Crippen LogP contribution >= 0.6 is 50.9 Å². The fourth-order valence-electron chi connectivity index (χ4n) is 2.65. The second-order valence-electron chi connectivity index (χ2n) is 6.18. The van der Waals surface area contributed by atoms with E-state index in [0.717, 1.165) is 10.2 Å². The van der Waals surface area contributed by atoms with Gasteiger partial charge in [0.25, 0.3) is 5.91 Å². The van der Waals surface area contributed by atoms with Crippen molar-refractivity contribution in [3.05, 3.63) is 86.8 Å². The number of amides is 1. The van der Waals surface area contributed by atoms with Crippen LogP contribution in [0.15, 0.2) is 70.6 Å². The molecule has 1 amide bonds. The summed E-state index contributed by atoms with van der Waals surface area (Å²) in [5.41, 5.74) is 2.08. The first-order valence-corrected chi connectivity index (χ1v) is 11.4. The topological polar surface area (TPSA) is 85.6 Å². The highest BCUT2D eigenvalue weighted by Crippen LogP contribution is 2.27. The quantitative estimate of drug-likeness (QED) is 0.253. The van der Waals surface area contributed by atoms with E-state index in [2.05, 4.69) is 41.5 Å². The molecule has 0 aliphatic carbocycles. The van der Waals surface area contributed by atoms with Crippen molar-refractivity contribution in [2.45, 2.75) is 10.9 Å². The van der Waals surface area contributed by atoms with Gasteiger partial charge in [0.2, 0.25) is 0 Å². The van der Waals surface area contributed by atoms with Crippen LogP contribution in [0.5, 0.6) is 0 Å². The third kappa shape index (κ3) is 5.24. The van der Waals surface area contributed by atoms with Crippen molar-refractivity contribution in [2.24, 2.45) is 0 Å². The van der Waals surface area contributed by atoms with Crippen molar-refractivity contribution < 1.29 is 4.79 Å². The number of anilines is 1. The first-order chi connectivity index (χ1) is 15.0. The summed E-state index contributed by atoms with van der Waals surface area (Å²) in [4.78, 5) is 21.4. The number of carbonyl (C=O) groups is 1. The smallest absolute Gasteiger partial charge is 0.278 e. The molecule has 0 spiro atoms. The summed E-state index contributed by atoms with van der Waals surface area (Å²) in [7, 11) is 0. The zero-order valence-corrected chi connectivity index (χ0v) is 19.6. The number of hydrogen-bond acceptors (Lipinski definition) is 6. The highest BCUT2D eigenvalue weighted by molar-refractivity contribution is 9.10. The Kier molecular flexibility index (Phi) is 6.86. The standard InChI is InChI=1S/C20H13BrCl2N6OS/c21-12-2-5-14(6-3-12)29-17(11-31-20-24-8-1-9-25-20)18(27-28-29)19(30)26-13-4-7-15(22)16(23)10-13/h1-10H,11H2,(H,26,30). The fraction of sp³-hybridized carbons (Fsp3) is 0.0500. The number of nitrogens with one attached hydrogen (secondary N) is 1. The van der Waals surface area contributed by atoms with Crippen molar-refractivity contribution in [3.63, 3.8) is 0 Å². The Bertz CT molecular complexity index is 1220. The van der Waals surface area contributed by atoms with E-state index in [0.29, 0.717) is 32.3 Å². The Morgan fingerprint density at radius 3 is 2.52 bits per heavy atom. The molecule has 11 heteroatoms. The molecule has 31 heavy (non-hydrogen) atoms. The van der Waals surface area contributed by atoms with Gasteiger partial charge in [0.05, 0.1) is 21.4 Å². The first kappa shape index (κ1) is 21.8. The zero-order chi connectivity index (χ0) is 21.8. The molecule has 0 atom stereocenters. The van der Waals surface area contributed by atoms with Crippen LogP contribution in [0.25, 0.3) is 5.69 Å². The van der Waals surface area contributed by atoms with E-state index >= 15 is 0 Å². The van der Waals surface area contributed by atoms with Gasteiger partial charge in [0.15, 0.2) is 10.9 Å². The summed E-state index contributed by atoms with van der Waals surface area (Å²) in [6.45, 7) is 0. The lowest BCUT2D eigenvalue weighted by Crippen LogP contribution is -2.15. The summed E-state index contributed by atoms with van der Waals surface area (Å²) < 4.78 is 2.56. The number of aromatic nitrogens is 5. The van der Waals surface area contributed by atoms with E-state index in [1.54, 1.807) is 41.3 Å². The Morgan fingerprint density at radius 1 is 1.06 bits per heavy atom. The zero-order valence-electron chi connectivity index (χ0n) is 15.7. The maximum absolute atomic E-state index is 13.0. The summed E-state index contributed by atoms with van der Waals surface area (Å²) in [6.07, 6.45) is 3.33. The third-order valence-corrected chi connectivity index (χ3v) is 6.26. The van der Waals surface area contributed by atoms with Crippen LogP contribution in [-0.4, -0.2) is 30.9 Å². The molecule has 4 aromatic rings. The lowest BCUT2D eigenvalue weighted by atomic mass is 10.2. The van der Waals surface area contributed by atoms with Crippen LogP contribution in [0.1, 0.15) is 16.2 Å². The Morgan fingerprint density at radius 2 is 1.81 bits per heavy atom. The van der Waals surface area contributed by atoms with Gasteiger partial charge in [-0.1, -0.05) is 56.1 Å². The van der Waals surface area contributed by atoms with Gasteiger partial charge in [-0.15, -0.1) is 5.10 Å². The fourth-order valence-corrected chi connectivity index (χ4v) is 4.01. The molecule has 7 nitrogen and oxygen atoms in total. The van der Waals surface area contributed by atoms with Crippen LogP contribution in [0, 0.1) is 0 Å². The average molecular weight is 536 g/mol. The molecule has 0 aliphatic rings. The Hall–Kier alpha value is -2.46. The molecule has 0 fully saturated rings. The highest BCUT2D eigenvalue weighted by atomic mass is 79.9. The Labute approximate surface area is 200 Å². The number of carbonyl (C=O) groups excluding carboxylic acids is 1. The van der Waals surface area contributed by atoms with Crippen LogP contribution < -0.4 is 5.32 Å². The minimum absolute atomic E-state index is 0.192. The molecule has 0 saturated heterocycles. The van der Waals surface area contributed by atoms with E-state index in [1.165, 1.54) is 11.8 Å².